The van der Waals surface area contributed by atoms with Crippen LogP contribution in [-0.4, -0.2) is 18.7 Å². The molecule has 1 heterocycles. The minimum absolute atomic E-state index is 0.112. The van der Waals surface area contributed by atoms with E-state index in [9.17, 15) is 18.0 Å². The van der Waals surface area contributed by atoms with Crippen LogP contribution in [0.3, 0.4) is 0 Å². The Balaban J connectivity index is 2.24. The highest BCUT2D eigenvalue weighted by atomic mass is 19.2. The van der Waals surface area contributed by atoms with Crippen LogP contribution in [0.5, 0.6) is 5.75 Å². The number of esters is 1. The average molecular weight is 348 g/mol. The fourth-order valence-electron chi connectivity index (χ4n) is 2.77. The van der Waals surface area contributed by atoms with Gasteiger partial charge in [0.2, 0.25) is 0 Å². The molecule has 0 radical (unpaired) electrons. The molecule has 130 valence electrons. The summed E-state index contributed by atoms with van der Waals surface area (Å²) in [7, 11) is 1.24. The Hall–Kier alpha value is -2.76. The third-order valence-electron chi connectivity index (χ3n) is 3.88. The Bertz CT molecular complexity index is 901. The topological polar surface area (TPSA) is 35.5 Å². The zero-order valence-corrected chi connectivity index (χ0v) is 13.8. The van der Waals surface area contributed by atoms with Gasteiger partial charge in [-0.15, -0.1) is 0 Å². The highest BCUT2D eigenvalue weighted by Gasteiger charge is 2.30. The number of methoxy groups -OCH3 is 1. The van der Waals surface area contributed by atoms with E-state index in [2.05, 4.69) is 4.74 Å². The first-order valence-electron chi connectivity index (χ1n) is 7.52. The second-order valence-corrected chi connectivity index (χ2v) is 6.19. The van der Waals surface area contributed by atoms with Gasteiger partial charge in [0.25, 0.3) is 0 Å². The lowest BCUT2D eigenvalue weighted by atomic mass is 9.88. The van der Waals surface area contributed by atoms with E-state index in [1.54, 1.807) is 26.0 Å². The molecular formula is C19H15F3O3. The number of halogens is 3. The first-order chi connectivity index (χ1) is 11.7. The van der Waals surface area contributed by atoms with Crippen LogP contribution in [0.25, 0.3) is 5.57 Å². The monoisotopic (exact) mass is 348 g/mol. The van der Waals surface area contributed by atoms with Crippen LogP contribution in [-0.2, 0) is 4.74 Å². The van der Waals surface area contributed by atoms with Crippen molar-refractivity contribution in [1.82, 2.24) is 0 Å². The molecule has 0 fully saturated rings. The summed E-state index contributed by atoms with van der Waals surface area (Å²) in [6.07, 6.45) is 1.60. The molecule has 6 heteroatoms. The standard InChI is InChI=1S/C19H15F3O3/c1-19(2)9-13(11-5-6-14(20)17(22)16(11)21)12-8-10(18(23)24-3)4-7-15(12)25-19/h4-9H,1-3H3. The molecule has 0 saturated carbocycles. The lowest BCUT2D eigenvalue weighted by Gasteiger charge is -2.31. The quantitative estimate of drug-likeness (QED) is 0.592. The van der Waals surface area contributed by atoms with Gasteiger partial charge in [0.15, 0.2) is 17.5 Å². The summed E-state index contributed by atoms with van der Waals surface area (Å²) >= 11 is 0. The first-order valence-corrected chi connectivity index (χ1v) is 7.52. The predicted molar refractivity (Wildman–Crippen MR) is 85.9 cm³/mol. The molecule has 0 aromatic heterocycles. The van der Waals surface area contributed by atoms with Crippen LogP contribution in [0.15, 0.2) is 36.4 Å². The molecule has 3 rings (SSSR count). The van der Waals surface area contributed by atoms with Crippen molar-refractivity contribution >= 4 is 11.5 Å². The molecule has 3 nitrogen and oxygen atoms in total. The second-order valence-electron chi connectivity index (χ2n) is 6.19. The summed E-state index contributed by atoms with van der Waals surface area (Å²) in [4.78, 5) is 11.8. The maximum Gasteiger partial charge on any atom is 0.337 e. The van der Waals surface area contributed by atoms with Gasteiger partial charge in [-0.25, -0.2) is 18.0 Å². The van der Waals surface area contributed by atoms with Gasteiger partial charge < -0.3 is 9.47 Å². The number of rotatable bonds is 2. The molecule has 0 spiro atoms. The summed E-state index contributed by atoms with van der Waals surface area (Å²) in [5.41, 5.74) is 0.0319. The summed E-state index contributed by atoms with van der Waals surface area (Å²) in [5, 5.41) is 0. The average Bonchev–Trinajstić information content (AvgIpc) is 2.57. The molecule has 1 aliphatic heterocycles. The summed E-state index contributed by atoms with van der Waals surface area (Å²) < 4.78 is 51.8. The summed E-state index contributed by atoms with van der Waals surface area (Å²) in [6.45, 7) is 3.50. The van der Waals surface area contributed by atoms with Crippen LogP contribution < -0.4 is 4.74 Å². The summed E-state index contributed by atoms with van der Waals surface area (Å²) in [6, 6.07) is 6.58. The first kappa shape index (κ1) is 17.1. The predicted octanol–water partition coefficient (Wildman–Crippen LogP) is 4.49. The fraction of sp³-hybridized carbons (Fsp3) is 0.211. The normalized spacial score (nSPS) is 15.0. The van der Waals surface area contributed by atoms with Gasteiger partial charge in [-0.2, -0.15) is 0 Å². The molecule has 1 aliphatic rings. The Morgan fingerprint density at radius 1 is 1.04 bits per heavy atom. The number of ether oxygens (including phenoxy) is 2. The Morgan fingerprint density at radius 3 is 2.44 bits per heavy atom. The Labute approximate surface area is 142 Å². The smallest absolute Gasteiger partial charge is 0.337 e. The third kappa shape index (κ3) is 2.99. The molecule has 0 saturated heterocycles. The maximum atomic E-state index is 14.3. The molecule has 25 heavy (non-hydrogen) atoms. The van der Waals surface area contributed by atoms with Crippen molar-refractivity contribution in [2.45, 2.75) is 19.4 Å². The van der Waals surface area contributed by atoms with Crippen molar-refractivity contribution in [2.75, 3.05) is 7.11 Å². The van der Waals surface area contributed by atoms with Crippen molar-refractivity contribution < 1.29 is 27.4 Å². The molecular weight excluding hydrogens is 333 g/mol. The van der Waals surface area contributed by atoms with Gasteiger partial charge in [-0.3, -0.25) is 0 Å². The SMILES string of the molecule is COC(=O)c1ccc2c(c1)C(c1ccc(F)c(F)c1F)=CC(C)(C)O2. The Morgan fingerprint density at radius 2 is 1.76 bits per heavy atom. The molecule has 2 aromatic carbocycles. The fourth-order valence-corrected chi connectivity index (χ4v) is 2.77. The van der Waals surface area contributed by atoms with E-state index in [0.29, 0.717) is 16.9 Å². The number of hydrogen-bond donors (Lipinski definition) is 0. The van der Waals surface area contributed by atoms with Gasteiger partial charge in [0.1, 0.15) is 11.4 Å². The van der Waals surface area contributed by atoms with E-state index in [4.69, 9.17) is 4.74 Å². The second kappa shape index (κ2) is 5.95. The molecule has 0 bridgehead atoms. The van der Waals surface area contributed by atoms with Crippen molar-refractivity contribution in [3.63, 3.8) is 0 Å². The minimum atomic E-state index is -1.55. The van der Waals surface area contributed by atoms with Gasteiger partial charge in [0.05, 0.1) is 12.7 Å². The van der Waals surface area contributed by atoms with Crippen molar-refractivity contribution in [2.24, 2.45) is 0 Å². The van der Waals surface area contributed by atoms with Crippen LogP contribution in [0, 0.1) is 17.5 Å². The van der Waals surface area contributed by atoms with E-state index in [1.165, 1.54) is 19.2 Å². The van der Waals surface area contributed by atoms with Crippen molar-refractivity contribution in [3.05, 3.63) is 70.5 Å². The largest absolute Gasteiger partial charge is 0.483 e. The molecule has 0 amide bonds. The lowest BCUT2D eigenvalue weighted by Crippen LogP contribution is -2.29. The molecule has 0 aliphatic carbocycles. The Kier molecular flexibility index (Phi) is 4.06. The zero-order valence-electron chi connectivity index (χ0n) is 13.8. The number of carbonyl (C=O) groups excluding carboxylic acids is 1. The van der Waals surface area contributed by atoms with Crippen LogP contribution >= 0.6 is 0 Å². The number of hydrogen-bond acceptors (Lipinski definition) is 3. The van der Waals surface area contributed by atoms with E-state index < -0.39 is 29.0 Å². The minimum Gasteiger partial charge on any atom is -0.483 e. The van der Waals surface area contributed by atoms with E-state index in [-0.39, 0.29) is 11.1 Å². The summed E-state index contributed by atoms with van der Waals surface area (Å²) in [5.74, 6) is -4.28. The van der Waals surface area contributed by atoms with Crippen LogP contribution in [0.4, 0.5) is 13.2 Å². The van der Waals surface area contributed by atoms with Gasteiger partial charge in [0, 0.05) is 11.1 Å². The van der Waals surface area contributed by atoms with Gasteiger partial charge in [-0.1, -0.05) is 0 Å². The molecule has 0 N–H and O–H groups in total. The highest BCUT2D eigenvalue weighted by molar-refractivity contribution is 5.93. The van der Waals surface area contributed by atoms with Crippen molar-refractivity contribution in [1.29, 1.82) is 0 Å². The lowest BCUT2D eigenvalue weighted by molar-refractivity contribution is 0.0600. The maximum absolute atomic E-state index is 14.3. The number of carbonyl (C=O) groups is 1. The van der Waals surface area contributed by atoms with Gasteiger partial charge >= 0.3 is 5.97 Å². The number of benzene rings is 2. The zero-order chi connectivity index (χ0) is 18.4. The molecule has 0 unspecified atom stereocenters. The van der Waals surface area contributed by atoms with Crippen molar-refractivity contribution in [3.8, 4) is 5.75 Å². The van der Waals surface area contributed by atoms with E-state index in [1.807, 2.05) is 0 Å². The molecule has 2 aromatic rings. The third-order valence-corrected chi connectivity index (χ3v) is 3.88. The van der Waals surface area contributed by atoms with E-state index >= 15 is 0 Å². The highest BCUT2D eigenvalue weighted by Crippen LogP contribution is 2.41. The van der Waals surface area contributed by atoms with Crippen LogP contribution in [0.1, 0.15) is 35.3 Å². The van der Waals surface area contributed by atoms with Crippen LogP contribution in [0.2, 0.25) is 0 Å². The number of fused-ring (bicyclic) bond motifs is 1. The van der Waals surface area contributed by atoms with E-state index in [0.717, 1.165) is 12.1 Å². The molecule has 0 atom stereocenters. The van der Waals surface area contributed by atoms with Gasteiger partial charge in [-0.05, 0) is 55.8 Å².